The molecular weight excluding hydrogens is 448 g/mol. The molecule has 3 aromatic carbocycles. The molecule has 6 heteroatoms. The maximum atomic E-state index is 13.7. The maximum absolute atomic E-state index is 13.7. The van der Waals surface area contributed by atoms with E-state index in [0.717, 1.165) is 27.4 Å². The van der Waals surface area contributed by atoms with Crippen molar-refractivity contribution >= 4 is 27.7 Å². The van der Waals surface area contributed by atoms with E-state index in [-0.39, 0.29) is 23.9 Å². The van der Waals surface area contributed by atoms with Gasteiger partial charge in [-0.05, 0) is 42.5 Å². The Morgan fingerprint density at radius 2 is 1.72 bits per heavy atom. The first kappa shape index (κ1) is 23.5. The van der Waals surface area contributed by atoms with Crippen molar-refractivity contribution in [1.29, 1.82) is 0 Å². The van der Waals surface area contributed by atoms with Crippen LogP contribution in [0, 0.1) is 13.8 Å². The number of hydrogen-bond donors (Lipinski definition) is 1. The van der Waals surface area contributed by atoms with Gasteiger partial charge < -0.3 is 9.88 Å². The van der Waals surface area contributed by atoms with Gasteiger partial charge in [-0.15, -0.1) is 0 Å². The third-order valence-corrected chi connectivity index (χ3v) is 6.87. The van der Waals surface area contributed by atoms with Crippen molar-refractivity contribution < 1.29 is 4.79 Å². The summed E-state index contributed by atoms with van der Waals surface area (Å²) in [5, 5.41) is 9.10. The summed E-state index contributed by atoms with van der Waals surface area (Å²) in [5.74, 6) is -0.0636. The molecule has 0 aliphatic rings. The Labute approximate surface area is 210 Å². The van der Waals surface area contributed by atoms with Crippen LogP contribution in [0.25, 0.3) is 21.8 Å². The normalized spacial score (nSPS) is 12.2. The molecular formula is C30H30N4O2. The summed E-state index contributed by atoms with van der Waals surface area (Å²) in [5.41, 5.74) is 5.95. The molecule has 36 heavy (non-hydrogen) atoms. The zero-order chi connectivity index (χ0) is 25.2. The Kier molecular flexibility index (Phi) is 6.42. The first-order chi connectivity index (χ1) is 17.4. The maximum Gasteiger partial charge on any atom is 0.291 e. The van der Waals surface area contributed by atoms with Crippen LogP contribution in [0.15, 0.2) is 83.8 Å². The lowest BCUT2D eigenvalue weighted by atomic mass is 10.0. The van der Waals surface area contributed by atoms with Gasteiger partial charge in [-0.25, -0.2) is 4.68 Å². The number of aromatic nitrogens is 3. The lowest BCUT2D eigenvalue weighted by Gasteiger charge is -2.14. The summed E-state index contributed by atoms with van der Waals surface area (Å²) in [6, 6.07) is 24.4. The topological polar surface area (TPSA) is 68.9 Å². The summed E-state index contributed by atoms with van der Waals surface area (Å²) in [7, 11) is 0. The fraction of sp³-hybridized carbons (Fsp3) is 0.233. The third-order valence-electron chi connectivity index (χ3n) is 6.87. The molecule has 1 N–H and O–H groups in total. The van der Waals surface area contributed by atoms with Crippen molar-refractivity contribution in [3.8, 4) is 0 Å². The van der Waals surface area contributed by atoms with Gasteiger partial charge in [0.05, 0.1) is 6.20 Å². The number of carbonyl (C=O) groups excluding carboxylic acids is 1. The molecule has 2 heterocycles. The SMILES string of the molecule is Cc1ccc(C)c(Cn2c3ccccc3c3cnn(CC(=O)NC[C@@H](C)c4ccccc4)c(=O)c32)c1. The van der Waals surface area contributed by atoms with E-state index in [0.29, 0.717) is 18.6 Å². The Morgan fingerprint density at radius 3 is 2.53 bits per heavy atom. The van der Waals surface area contributed by atoms with Gasteiger partial charge in [0, 0.05) is 29.4 Å². The van der Waals surface area contributed by atoms with Crippen LogP contribution in [0.1, 0.15) is 35.1 Å². The van der Waals surface area contributed by atoms with E-state index in [4.69, 9.17) is 0 Å². The number of fused-ring (bicyclic) bond motifs is 3. The second-order valence-electron chi connectivity index (χ2n) is 9.52. The molecule has 0 spiro atoms. The highest BCUT2D eigenvalue weighted by atomic mass is 16.2. The fourth-order valence-electron chi connectivity index (χ4n) is 4.77. The molecule has 0 unspecified atom stereocenters. The molecule has 1 atom stereocenters. The molecule has 0 aliphatic heterocycles. The van der Waals surface area contributed by atoms with E-state index < -0.39 is 0 Å². The molecule has 1 amide bonds. The predicted octanol–water partition coefficient (Wildman–Crippen LogP) is 4.94. The summed E-state index contributed by atoms with van der Waals surface area (Å²) in [6.45, 7) is 7.16. The zero-order valence-electron chi connectivity index (χ0n) is 20.9. The van der Waals surface area contributed by atoms with Crippen molar-refractivity contribution in [2.24, 2.45) is 0 Å². The van der Waals surface area contributed by atoms with Crippen LogP contribution < -0.4 is 10.9 Å². The van der Waals surface area contributed by atoms with Crippen LogP contribution >= 0.6 is 0 Å². The molecule has 5 aromatic rings. The average molecular weight is 479 g/mol. The van der Waals surface area contributed by atoms with E-state index in [1.54, 1.807) is 6.20 Å². The lowest BCUT2D eigenvalue weighted by molar-refractivity contribution is -0.121. The number of benzene rings is 3. The number of hydrogen-bond acceptors (Lipinski definition) is 3. The molecule has 0 radical (unpaired) electrons. The summed E-state index contributed by atoms with van der Waals surface area (Å²) in [4.78, 5) is 26.4. The minimum atomic E-state index is -0.264. The average Bonchev–Trinajstić information content (AvgIpc) is 3.21. The molecule has 0 saturated carbocycles. The second-order valence-corrected chi connectivity index (χ2v) is 9.52. The lowest BCUT2D eigenvalue weighted by Crippen LogP contribution is -2.35. The number of aryl methyl sites for hydroxylation is 2. The number of nitrogens with one attached hydrogen (secondary N) is 1. The first-order valence-electron chi connectivity index (χ1n) is 12.3. The van der Waals surface area contributed by atoms with E-state index in [1.807, 2.05) is 54.6 Å². The molecule has 0 aliphatic carbocycles. The van der Waals surface area contributed by atoms with Gasteiger partial charge in [-0.3, -0.25) is 9.59 Å². The molecule has 2 aromatic heterocycles. The van der Waals surface area contributed by atoms with Gasteiger partial charge in [0.2, 0.25) is 5.91 Å². The van der Waals surface area contributed by atoms with Crippen molar-refractivity contribution in [1.82, 2.24) is 19.7 Å². The van der Waals surface area contributed by atoms with Gasteiger partial charge in [0.15, 0.2) is 0 Å². The number of nitrogens with zero attached hydrogens (tertiary/aromatic N) is 3. The van der Waals surface area contributed by atoms with Crippen LogP contribution in [0.2, 0.25) is 0 Å². The number of rotatable bonds is 7. The highest BCUT2D eigenvalue weighted by molar-refractivity contribution is 6.07. The van der Waals surface area contributed by atoms with Gasteiger partial charge in [0.1, 0.15) is 12.1 Å². The van der Waals surface area contributed by atoms with Crippen LogP contribution in [0.3, 0.4) is 0 Å². The van der Waals surface area contributed by atoms with Crippen molar-refractivity contribution in [3.05, 3.63) is 112 Å². The van der Waals surface area contributed by atoms with Crippen molar-refractivity contribution in [2.75, 3.05) is 6.54 Å². The monoisotopic (exact) mass is 478 g/mol. The smallest absolute Gasteiger partial charge is 0.291 e. The minimum Gasteiger partial charge on any atom is -0.354 e. The Bertz CT molecular complexity index is 1620. The van der Waals surface area contributed by atoms with E-state index >= 15 is 0 Å². The number of amides is 1. The van der Waals surface area contributed by atoms with E-state index in [2.05, 4.69) is 54.0 Å². The third kappa shape index (κ3) is 4.54. The van der Waals surface area contributed by atoms with Gasteiger partial charge in [-0.1, -0.05) is 79.2 Å². The highest BCUT2D eigenvalue weighted by Crippen LogP contribution is 2.28. The van der Waals surface area contributed by atoms with Gasteiger partial charge in [0.25, 0.3) is 5.56 Å². The van der Waals surface area contributed by atoms with Crippen LogP contribution in [-0.4, -0.2) is 26.8 Å². The molecule has 0 saturated heterocycles. The van der Waals surface area contributed by atoms with Crippen LogP contribution in [0.5, 0.6) is 0 Å². The Balaban J connectivity index is 1.47. The summed E-state index contributed by atoms with van der Waals surface area (Å²) < 4.78 is 3.33. The van der Waals surface area contributed by atoms with Crippen LogP contribution in [-0.2, 0) is 17.9 Å². The predicted molar refractivity (Wildman–Crippen MR) is 144 cm³/mol. The number of carbonyl (C=O) groups is 1. The summed E-state index contributed by atoms with van der Waals surface area (Å²) >= 11 is 0. The van der Waals surface area contributed by atoms with Crippen LogP contribution in [0.4, 0.5) is 0 Å². The van der Waals surface area contributed by atoms with Gasteiger partial charge in [-0.2, -0.15) is 5.10 Å². The molecule has 5 rings (SSSR count). The quantitative estimate of drug-likeness (QED) is 0.360. The van der Waals surface area contributed by atoms with E-state index in [9.17, 15) is 9.59 Å². The first-order valence-corrected chi connectivity index (χ1v) is 12.3. The fourth-order valence-corrected chi connectivity index (χ4v) is 4.77. The summed E-state index contributed by atoms with van der Waals surface area (Å²) in [6.07, 6.45) is 1.71. The molecule has 0 fully saturated rings. The van der Waals surface area contributed by atoms with Crippen molar-refractivity contribution in [3.63, 3.8) is 0 Å². The van der Waals surface area contributed by atoms with Crippen molar-refractivity contribution in [2.45, 2.75) is 39.8 Å². The van der Waals surface area contributed by atoms with E-state index in [1.165, 1.54) is 15.8 Å². The second kappa shape index (κ2) is 9.82. The highest BCUT2D eigenvalue weighted by Gasteiger charge is 2.18. The Hall–Kier alpha value is -4.19. The van der Waals surface area contributed by atoms with Gasteiger partial charge >= 0.3 is 0 Å². The molecule has 182 valence electrons. The molecule has 0 bridgehead atoms. The zero-order valence-corrected chi connectivity index (χ0v) is 20.9. The number of para-hydroxylation sites is 1. The standard InChI is InChI=1S/C30H30N4O2/c1-20-13-14-21(2)24(15-20)18-33-27-12-8-7-11-25(27)26-17-32-34(30(36)29(26)33)19-28(35)31-16-22(3)23-9-5-4-6-10-23/h4-15,17,22H,16,18-19H2,1-3H3,(H,31,35)/t22-/m1/s1. The molecule has 6 nitrogen and oxygen atoms in total. The minimum absolute atomic E-state index is 0.124. The largest absolute Gasteiger partial charge is 0.354 e. The Morgan fingerprint density at radius 1 is 0.972 bits per heavy atom.